The molecule has 0 aliphatic heterocycles. The molecule has 0 bridgehead atoms. The molecule has 2 heterocycles. The van der Waals surface area contributed by atoms with Gasteiger partial charge in [-0.25, -0.2) is 9.97 Å². The molecule has 0 spiro atoms. The third kappa shape index (κ3) is 2.09. The summed E-state index contributed by atoms with van der Waals surface area (Å²) in [5, 5.41) is 1.10. The number of aryl methyl sites for hydroxylation is 1. The summed E-state index contributed by atoms with van der Waals surface area (Å²) in [6, 6.07) is 10.1. The van der Waals surface area contributed by atoms with Crippen LogP contribution >= 0.6 is 0 Å². The Morgan fingerprint density at radius 3 is 2.80 bits per heavy atom. The Bertz CT molecular complexity index is 781. The van der Waals surface area contributed by atoms with E-state index in [2.05, 4.69) is 21.0 Å². The number of anilines is 1. The predicted octanol–water partition coefficient (Wildman–Crippen LogP) is 3.14. The minimum Gasteiger partial charge on any atom is -0.383 e. The van der Waals surface area contributed by atoms with Gasteiger partial charge in [0.2, 0.25) is 0 Å². The monoisotopic (exact) mass is 264 g/mol. The van der Waals surface area contributed by atoms with E-state index in [1.807, 2.05) is 38.1 Å². The first-order valence-corrected chi connectivity index (χ1v) is 6.67. The van der Waals surface area contributed by atoms with Gasteiger partial charge in [0.25, 0.3) is 0 Å². The number of fused-ring (bicyclic) bond motifs is 1. The van der Waals surface area contributed by atoms with Crippen molar-refractivity contribution in [2.45, 2.75) is 20.3 Å². The minimum atomic E-state index is 0.554. The third-order valence-electron chi connectivity index (χ3n) is 3.42. The summed E-state index contributed by atoms with van der Waals surface area (Å²) >= 11 is 0. The Morgan fingerprint density at radius 1 is 1.15 bits per heavy atom. The molecule has 0 aliphatic carbocycles. The number of nitrogens with two attached hydrogens (primary N) is 1. The van der Waals surface area contributed by atoms with Crippen LogP contribution in [0.5, 0.6) is 0 Å². The van der Waals surface area contributed by atoms with Gasteiger partial charge in [0.1, 0.15) is 11.6 Å². The van der Waals surface area contributed by atoms with Crippen LogP contribution in [0.15, 0.2) is 36.5 Å². The Balaban J connectivity index is 2.22. The molecule has 3 rings (SSSR count). The standard InChI is InChI=1S/C16H16N4/c1-3-14-19-15(10(2)16(17)20-14)12-6-7-13-11(9-12)5-4-8-18-13/h4-9H,3H2,1-2H3,(H2,17,19,20). The van der Waals surface area contributed by atoms with Gasteiger partial charge in [0, 0.05) is 29.1 Å². The highest BCUT2D eigenvalue weighted by Crippen LogP contribution is 2.27. The van der Waals surface area contributed by atoms with Gasteiger partial charge in [0.05, 0.1) is 11.2 Å². The van der Waals surface area contributed by atoms with Crippen molar-refractivity contribution in [1.82, 2.24) is 15.0 Å². The van der Waals surface area contributed by atoms with E-state index in [0.717, 1.165) is 40.0 Å². The molecule has 0 atom stereocenters. The van der Waals surface area contributed by atoms with Gasteiger partial charge in [-0.3, -0.25) is 4.98 Å². The highest BCUT2D eigenvalue weighted by Gasteiger charge is 2.10. The van der Waals surface area contributed by atoms with Crippen LogP contribution < -0.4 is 5.73 Å². The lowest BCUT2D eigenvalue weighted by Gasteiger charge is -2.10. The maximum absolute atomic E-state index is 5.98. The Labute approximate surface area is 117 Å². The summed E-state index contributed by atoms with van der Waals surface area (Å²) in [7, 11) is 0. The molecular formula is C16H16N4. The van der Waals surface area contributed by atoms with Gasteiger partial charge in [-0.15, -0.1) is 0 Å². The van der Waals surface area contributed by atoms with Gasteiger partial charge in [-0.2, -0.15) is 0 Å². The first-order chi connectivity index (χ1) is 9.69. The summed E-state index contributed by atoms with van der Waals surface area (Å²) in [4.78, 5) is 13.2. The number of benzene rings is 1. The highest BCUT2D eigenvalue weighted by atomic mass is 15.0. The average Bonchev–Trinajstić information content (AvgIpc) is 2.49. The van der Waals surface area contributed by atoms with E-state index in [1.54, 1.807) is 6.20 Å². The molecule has 0 aliphatic rings. The van der Waals surface area contributed by atoms with E-state index in [1.165, 1.54) is 0 Å². The third-order valence-corrected chi connectivity index (χ3v) is 3.42. The molecule has 0 unspecified atom stereocenters. The fourth-order valence-corrected chi connectivity index (χ4v) is 2.24. The van der Waals surface area contributed by atoms with Crippen LogP contribution in [-0.2, 0) is 6.42 Å². The fraction of sp³-hybridized carbons (Fsp3) is 0.188. The Kier molecular flexibility index (Phi) is 3.06. The van der Waals surface area contributed by atoms with E-state index < -0.39 is 0 Å². The largest absolute Gasteiger partial charge is 0.383 e. The molecule has 0 saturated heterocycles. The van der Waals surface area contributed by atoms with Crippen molar-refractivity contribution < 1.29 is 0 Å². The van der Waals surface area contributed by atoms with Crippen LogP contribution in [0.3, 0.4) is 0 Å². The highest BCUT2D eigenvalue weighted by molar-refractivity contribution is 5.84. The number of nitrogens with zero attached hydrogens (tertiary/aromatic N) is 3. The number of nitrogen functional groups attached to an aromatic ring is 1. The van der Waals surface area contributed by atoms with Crippen molar-refractivity contribution in [2.24, 2.45) is 0 Å². The molecule has 4 nitrogen and oxygen atoms in total. The van der Waals surface area contributed by atoms with Crippen molar-refractivity contribution in [3.05, 3.63) is 47.9 Å². The zero-order valence-corrected chi connectivity index (χ0v) is 11.6. The summed E-state index contributed by atoms with van der Waals surface area (Å²) < 4.78 is 0. The molecule has 2 aromatic heterocycles. The second kappa shape index (κ2) is 4.89. The van der Waals surface area contributed by atoms with Crippen LogP contribution in [0.2, 0.25) is 0 Å². The molecule has 0 amide bonds. The topological polar surface area (TPSA) is 64.7 Å². The molecule has 2 N–H and O–H groups in total. The Morgan fingerprint density at radius 2 is 2.00 bits per heavy atom. The molecule has 20 heavy (non-hydrogen) atoms. The number of pyridine rings is 1. The molecule has 1 aromatic carbocycles. The van der Waals surface area contributed by atoms with Crippen molar-refractivity contribution in [2.75, 3.05) is 5.73 Å². The van der Waals surface area contributed by atoms with Crippen LogP contribution in [0.1, 0.15) is 18.3 Å². The van der Waals surface area contributed by atoms with Crippen LogP contribution in [0.4, 0.5) is 5.82 Å². The Hall–Kier alpha value is -2.49. The first kappa shape index (κ1) is 12.5. The molecule has 3 aromatic rings. The number of hydrogen-bond acceptors (Lipinski definition) is 4. The summed E-state index contributed by atoms with van der Waals surface area (Å²) in [6.07, 6.45) is 2.57. The number of rotatable bonds is 2. The van der Waals surface area contributed by atoms with Crippen LogP contribution in [-0.4, -0.2) is 15.0 Å². The minimum absolute atomic E-state index is 0.554. The maximum Gasteiger partial charge on any atom is 0.131 e. The summed E-state index contributed by atoms with van der Waals surface area (Å²) in [6.45, 7) is 3.98. The molecule has 0 fully saturated rings. The van der Waals surface area contributed by atoms with Crippen LogP contribution in [0.25, 0.3) is 22.2 Å². The lowest BCUT2D eigenvalue weighted by atomic mass is 10.0. The number of aromatic nitrogens is 3. The molecule has 100 valence electrons. The lowest BCUT2D eigenvalue weighted by Crippen LogP contribution is -2.04. The second-order valence-electron chi connectivity index (χ2n) is 4.76. The van der Waals surface area contributed by atoms with Crippen molar-refractivity contribution in [3.8, 4) is 11.3 Å². The van der Waals surface area contributed by atoms with Crippen LogP contribution in [0, 0.1) is 6.92 Å². The van der Waals surface area contributed by atoms with Crippen molar-refractivity contribution >= 4 is 16.7 Å². The molecule has 0 saturated carbocycles. The fourth-order valence-electron chi connectivity index (χ4n) is 2.24. The van der Waals surface area contributed by atoms with Gasteiger partial charge in [-0.1, -0.05) is 19.1 Å². The first-order valence-electron chi connectivity index (χ1n) is 6.67. The average molecular weight is 264 g/mol. The maximum atomic E-state index is 5.98. The number of hydrogen-bond donors (Lipinski definition) is 1. The van der Waals surface area contributed by atoms with E-state index in [-0.39, 0.29) is 0 Å². The zero-order valence-electron chi connectivity index (χ0n) is 11.6. The van der Waals surface area contributed by atoms with Crippen molar-refractivity contribution in [3.63, 3.8) is 0 Å². The lowest BCUT2D eigenvalue weighted by molar-refractivity contribution is 0.940. The molecular weight excluding hydrogens is 248 g/mol. The van der Waals surface area contributed by atoms with Gasteiger partial charge in [-0.05, 0) is 25.1 Å². The predicted molar refractivity (Wildman–Crippen MR) is 81.3 cm³/mol. The van der Waals surface area contributed by atoms with E-state index in [4.69, 9.17) is 5.73 Å². The molecule has 0 radical (unpaired) electrons. The van der Waals surface area contributed by atoms with Gasteiger partial charge < -0.3 is 5.73 Å². The summed E-state index contributed by atoms with van der Waals surface area (Å²) in [5.74, 6) is 1.33. The van der Waals surface area contributed by atoms with Crippen molar-refractivity contribution in [1.29, 1.82) is 0 Å². The quantitative estimate of drug-likeness (QED) is 0.772. The summed E-state index contributed by atoms with van der Waals surface area (Å²) in [5.41, 5.74) is 9.83. The van der Waals surface area contributed by atoms with Gasteiger partial charge >= 0.3 is 0 Å². The van der Waals surface area contributed by atoms with E-state index >= 15 is 0 Å². The van der Waals surface area contributed by atoms with E-state index in [9.17, 15) is 0 Å². The SMILES string of the molecule is CCc1nc(N)c(C)c(-c2ccc3ncccc3c2)n1. The smallest absolute Gasteiger partial charge is 0.131 e. The second-order valence-corrected chi connectivity index (χ2v) is 4.76. The van der Waals surface area contributed by atoms with E-state index in [0.29, 0.717) is 5.82 Å². The van der Waals surface area contributed by atoms with Gasteiger partial charge in [0.15, 0.2) is 0 Å². The molecule has 4 heteroatoms. The zero-order chi connectivity index (χ0) is 14.1. The normalized spacial score (nSPS) is 10.9.